The largest absolute Gasteiger partial charge is 0.489 e. The van der Waals surface area contributed by atoms with E-state index in [0.29, 0.717) is 6.61 Å². The van der Waals surface area contributed by atoms with Gasteiger partial charge in [0.2, 0.25) is 0 Å². The minimum absolute atomic E-state index is 0.365. The Morgan fingerprint density at radius 2 is 1.88 bits per heavy atom. The van der Waals surface area contributed by atoms with Gasteiger partial charge in [0.25, 0.3) is 0 Å². The molecule has 1 aliphatic heterocycles. The summed E-state index contributed by atoms with van der Waals surface area (Å²) in [6.07, 6.45) is 3.14. The number of aliphatic hydroxyl groups excluding tert-OH is 3. The first-order valence-corrected chi connectivity index (χ1v) is 5.06. The smallest absolute Gasteiger partial charge is 0.126 e. The third kappa shape index (κ3) is 4.02. The number of fused-ring (bicyclic) bond motifs is 1. The highest BCUT2D eigenvalue weighted by atomic mass is 16.5. The fraction of sp³-hybridized carbons (Fsp3) is 0.333. The summed E-state index contributed by atoms with van der Waals surface area (Å²) >= 11 is 0. The maximum Gasteiger partial charge on any atom is 0.126 e. The SMILES string of the molecule is C1=Cc2ccccc2OC1.OCC(O)CO. The van der Waals surface area contributed by atoms with Crippen molar-refractivity contribution in [1.82, 2.24) is 0 Å². The second kappa shape index (κ2) is 7.00. The lowest BCUT2D eigenvalue weighted by Gasteiger charge is -2.10. The quantitative estimate of drug-likeness (QED) is 0.681. The van der Waals surface area contributed by atoms with Crippen LogP contribution >= 0.6 is 0 Å². The van der Waals surface area contributed by atoms with Crippen LogP contribution in [0, 0.1) is 0 Å². The number of aliphatic hydroxyl groups is 3. The van der Waals surface area contributed by atoms with Crippen molar-refractivity contribution in [3.63, 3.8) is 0 Å². The molecule has 0 saturated carbocycles. The Kier molecular flexibility index (Phi) is 5.56. The summed E-state index contributed by atoms with van der Waals surface area (Å²) in [6.45, 7) is -0.0238. The van der Waals surface area contributed by atoms with Gasteiger partial charge in [-0.05, 0) is 12.1 Å². The van der Waals surface area contributed by atoms with Crippen LogP contribution in [0.3, 0.4) is 0 Å². The fourth-order valence-electron chi connectivity index (χ4n) is 1.12. The van der Waals surface area contributed by atoms with Crippen molar-refractivity contribution < 1.29 is 20.1 Å². The molecule has 1 heterocycles. The van der Waals surface area contributed by atoms with Crippen LogP contribution in [0.1, 0.15) is 5.56 Å². The molecule has 88 valence electrons. The first-order valence-electron chi connectivity index (χ1n) is 5.06. The van der Waals surface area contributed by atoms with E-state index in [1.807, 2.05) is 30.3 Å². The van der Waals surface area contributed by atoms with E-state index in [0.717, 1.165) is 5.75 Å². The maximum atomic E-state index is 8.17. The van der Waals surface area contributed by atoms with Crippen LogP contribution in [0.15, 0.2) is 30.3 Å². The molecule has 0 bridgehead atoms. The average Bonchev–Trinajstić information content (AvgIpc) is 2.38. The minimum Gasteiger partial charge on any atom is -0.489 e. The molecule has 2 rings (SSSR count). The number of benzene rings is 1. The average molecular weight is 224 g/mol. The summed E-state index contributed by atoms with van der Waals surface area (Å²) in [5.74, 6) is 0.991. The monoisotopic (exact) mass is 224 g/mol. The molecule has 16 heavy (non-hydrogen) atoms. The third-order valence-corrected chi connectivity index (χ3v) is 1.97. The number of hydrogen-bond donors (Lipinski definition) is 3. The molecular weight excluding hydrogens is 208 g/mol. The zero-order valence-corrected chi connectivity index (χ0v) is 8.91. The fourth-order valence-corrected chi connectivity index (χ4v) is 1.12. The van der Waals surface area contributed by atoms with Crippen molar-refractivity contribution in [2.24, 2.45) is 0 Å². The number of ether oxygens (including phenoxy) is 1. The van der Waals surface area contributed by atoms with Crippen LogP contribution in [0.25, 0.3) is 6.08 Å². The molecule has 1 aromatic rings. The zero-order valence-electron chi connectivity index (χ0n) is 8.91. The molecule has 3 N–H and O–H groups in total. The summed E-state index contributed by atoms with van der Waals surface area (Å²) in [5.41, 5.74) is 1.17. The van der Waals surface area contributed by atoms with Crippen LogP contribution in [0.2, 0.25) is 0 Å². The van der Waals surface area contributed by atoms with Gasteiger partial charge in [0.15, 0.2) is 0 Å². The van der Waals surface area contributed by atoms with Gasteiger partial charge in [-0.2, -0.15) is 0 Å². The molecule has 0 radical (unpaired) electrons. The maximum absolute atomic E-state index is 8.17. The van der Waals surface area contributed by atoms with Crippen LogP contribution in [-0.4, -0.2) is 41.2 Å². The van der Waals surface area contributed by atoms with E-state index < -0.39 is 6.10 Å². The Morgan fingerprint density at radius 3 is 2.44 bits per heavy atom. The summed E-state index contributed by atoms with van der Waals surface area (Å²) < 4.78 is 5.34. The number of para-hydroxylation sites is 1. The molecule has 0 atom stereocenters. The highest BCUT2D eigenvalue weighted by Gasteiger charge is 2.01. The molecule has 0 spiro atoms. The van der Waals surface area contributed by atoms with Crippen molar-refractivity contribution >= 4 is 6.08 Å². The van der Waals surface area contributed by atoms with Crippen LogP contribution in [0.5, 0.6) is 5.75 Å². The molecule has 1 aromatic carbocycles. The molecule has 0 unspecified atom stereocenters. The lowest BCUT2D eigenvalue weighted by atomic mass is 10.1. The predicted octanol–water partition coefficient (Wildman–Crippen LogP) is 0.424. The van der Waals surface area contributed by atoms with Gasteiger partial charge in [-0.3, -0.25) is 0 Å². The van der Waals surface area contributed by atoms with Crippen molar-refractivity contribution in [1.29, 1.82) is 0 Å². The second-order valence-corrected chi connectivity index (χ2v) is 3.27. The minimum atomic E-state index is -0.954. The summed E-state index contributed by atoms with van der Waals surface area (Å²) in [5, 5.41) is 24.0. The van der Waals surface area contributed by atoms with Gasteiger partial charge in [0, 0.05) is 5.56 Å². The highest BCUT2D eigenvalue weighted by Crippen LogP contribution is 2.21. The molecule has 4 nitrogen and oxygen atoms in total. The molecule has 4 heteroatoms. The van der Waals surface area contributed by atoms with Crippen molar-refractivity contribution in [3.05, 3.63) is 35.9 Å². The van der Waals surface area contributed by atoms with Gasteiger partial charge in [0.05, 0.1) is 13.2 Å². The van der Waals surface area contributed by atoms with Gasteiger partial charge < -0.3 is 20.1 Å². The Morgan fingerprint density at radius 1 is 1.19 bits per heavy atom. The Labute approximate surface area is 94.4 Å². The second-order valence-electron chi connectivity index (χ2n) is 3.27. The van der Waals surface area contributed by atoms with E-state index >= 15 is 0 Å². The lowest BCUT2D eigenvalue weighted by Crippen LogP contribution is -2.15. The molecule has 0 amide bonds. The van der Waals surface area contributed by atoms with Gasteiger partial charge in [-0.15, -0.1) is 0 Å². The van der Waals surface area contributed by atoms with E-state index in [2.05, 4.69) is 6.08 Å². The van der Waals surface area contributed by atoms with E-state index in [9.17, 15) is 0 Å². The van der Waals surface area contributed by atoms with Gasteiger partial charge in [-0.1, -0.05) is 24.3 Å². The van der Waals surface area contributed by atoms with Crippen LogP contribution < -0.4 is 4.74 Å². The zero-order chi connectivity index (χ0) is 11.8. The molecular formula is C12H16O4. The summed E-state index contributed by atoms with van der Waals surface area (Å²) in [4.78, 5) is 0. The molecule has 0 fully saturated rings. The summed E-state index contributed by atoms with van der Waals surface area (Å²) in [7, 11) is 0. The van der Waals surface area contributed by atoms with E-state index in [1.165, 1.54) is 5.56 Å². The Hall–Kier alpha value is -1.36. The van der Waals surface area contributed by atoms with Gasteiger partial charge in [-0.25, -0.2) is 0 Å². The molecule has 0 aliphatic carbocycles. The predicted molar refractivity (Wildman–Crippen MR) is 61.1 cm³/mol. The van der Waals surface area contributed by atoms with E-state index in [-0.39, 0.29) is 13.2 Å². The Balaban J connectivity index is 0.000000187. The van der Waals surface area contributed by atoms with Crippen molar-refractivity contribution in [2.75, 3.05) is 19.8 Å². The molecule has 0 aromatic heterocycles. The third-order valence-electron chi connectivity index (χ3n) is 1.97. The first-order chi connectivity index (χ1) is 7.77. The van der Waals surface area contributed by atoms with E-state index in [4.69, 9.17) is 20.1 Å². The topological polar surface area (TPSA) is 69.9 Å². The number of rotatable bonds is 2. The summed E-state index contributed by atoms with van der Waals surface area (Å²) in [6, 6.07) is 8.03. The highest BCUT2D eigenvalue weighted by molar-refractivity contribution is 5.58. The van der Waals surface area contributed by atoms with Crippen LogP contribution in [0.4, 0.5) is 0 Å². The normalized spacial score (nSPS) is 12.5. The lowest BCUT2D eigenvalue weighted by molar-refractivity contribution is 0.0450. The first kappa shape index (κ1) is 12.7. The van der Waals surface area contributed by atoms with Crippen molar-refractivity contribution in [2.45, 2.75) is 6.10 Å². The molecule has 0 saturated heterocycles. The van der Waals surface area contributed by atoms with Crippen molar-refractivity contribution in [3.8, 4) is 5.75 Å². The standard InChI is InChI=1S/C9H8O.C3H8O3/c1-2-6-9-8(4-1)5-3-7-10-9;4-1-3(6)2-5/h1-6H,7H2;3-6H,1-2H2. The van der Waals surface area contributed by atoms with Crippen LogP contribution in [-0.2, 0) is 0 Å². The molecule has 1 aliphatic rings. The van der Waals surface area contributed by atoms with Gasteiger partial charge in [0.1, 0.15) is 18.5 Å². The van der Waals surface area contributed by atoms with Gasteiger partial charge >= 0.3 is 0 Å². The number of hydrogen-bond acceptors (Lipinski definition) is 4. The van der Waals surface area contributed by atoms with E-state index in [1.54, 1.807) is 0 Å². The Bertz CT molecular complexity index is 332.